The molecule has 2 aromatic rings. The van der Waals surface area contributed by atoms with E-state index in [0.29, 0.717) is 21.6 Å². The van der Waals surface area contributed by atoms with Crippen LogP contribution in [0.25, 0.3) is 16.7 Å². The molecule has 0 unspecified atom stereocenters. The van der Waals surface area contributed by atoms with Gasteiger partial charge in [-0.05, 0) is 19.4 Å². The van der Waals surface area contributed by atoms with Crippen molar-refractivity contribution < 1.29 is 9.59 Å². The lowest BCUT2D eigenvalue weighted by Gasteiger charge is -2.09. The first-order chi connectivity index (χ1) is 13.0. The van der Waals surface area contributed by atoms with E-state index >= 15 is 0 Å². The number of thiophene rings is 1. The van der Waals surface area contributed by atoms with E-state index < -0.39 is 0 Å². The number of carbonyl (C=O) groups excluding carboxylic acids is 2. The molecule has 2 rings (SSSR count). The summed E-state index contributed by atoms with van der Waals surface area (Å²) in [6, 6.07) is 9.66. The van der Waals surface area contributed by atoms with E-state index in [1.807, 2.05) is 69.5 Å². The zero-order valence-corrected chi connectivity index (χ0v) is 17.4. The summed E-state index contributed by atoms with van der Waals surface area (Å²) in [5.41, 5.74) is 3.13. The molecule has 1 heterocycles. The lowest BCUT2D eigenvalue weighted by molar-refractivity contribution is -0.110. The average molecular weight is 382 g/mol. The summed E-state index contributed by atoms with van der Waals surface area (Å²) in [5, 5.41) is 4.57. The highest BCUT2D eigenvalue weighted by molar-refractivity contribution is 7.12. The number of Topliss-reactive ketones (excluding diaryl/α,β-unsaturated/α-hetero) is 1. The molecule has 0 radical (unpaired) electrons. The van der Waals surface area contributed by atoms with Crippen LogP contribution in [0.5, 0.6) is 0 Å². The standard InChI is InChI=1S/C21H21NO2S.C2H6/c1-5-10-15(6-2)19(23)14(3)20-18(21(24)22-4)17(13-25-20)16-11-8-7-9-12-16;1-2/h5-13H,3H2,1-2,4H3,(H,22,24);1-2H3/b10-5-,15-6+;. The lowest BCUT2D eigenvalue weighted by atomic mass is 9.96. The Morgan fingerprint density at radius 3 is 2.26 bits per heavy atom. The summed E-state index contributed by atoms with van der Waals surface area (Å²) in [7, 11) is 1.58. The van der Waals surface area contributed by atoms with Crippen LogP contribution in [0, 0.1) is 0 Å². The van der Waals surface area contributed by atoms with E-state index in [1.165, 1.54) is 11.3 Å². The van der Waals surface area contributed by atoms with Crippen molar-refractivity contribution in [3.63, 3.8) is 0 Å². The van der Waals surface area contributed by atoms with Gasteiger partial charge in [-0.1, -0.05) is 69.0 Å². The third-order valence-electron chi connectivity index (χ3n) is 3.80. The van der Waals surface area contributed by atoms with Gasteiger partial charge in [0.05, 0.1) is 10.4 Å². The predicted molar refractivity (Wildman–Crippen MR) is 117 cm³/mol. The van der Waals surface area contributed by atoms with Crippen LogP contribution in [0.4, 0.5) is 0 Å². The van der Waals surface area contributed by atoms with Gasteiger partial charge in [0, 0.05) is 29.1 Å². The Bertz CT molecular complexity index is 858. The minimum absolute atomic E-state index is 0.174. The molecule has 3 nitrogen and oxygen atoms in total. The molecule has 0 aliphatic carbocycles. The maximum absolute atomic E-state index is 12.7. The van der Waals surface area contributed by atoms with Crippen LogP contribution in [-0.2, 0) is 4.79 Å². The van der Waals surface area contributed by atoms with Gasteiger partial charge in [-0.2, -0.15) is 0 Å². The minimum Gasteiger partial charge on any atom is -0.355 e. The van der Waals surface area contributed by atoms with Gasteiger partial charge in [-0.15, -0.1) is 11.3 Å². The van der Waals surface area contributed by atoms with E-state index in [1.54, 1.807) is 19.2 Å². The molecule has 0 spiro atoms. The predicted octanol–water partition coefficient (Wildman–Crippen LogP) is 5.91. The summed E-state index contributed by atoms with van der Waals surface area (Å²) in [5.74, 6) is -0.399. The normalized spacial score (nSPS) is 10.9. The first-order valence-electron chi connectivity index (χ1n) is 8.97. The van der Waals surface area contributed by atoms with Gasteiger partial charge < -0.3 is 5.32 Å². The molecule has 0 aliphatic rings. The van der Waals surface area contributed by atoms with Crippen molar-refractivity contribution in [1.82, 2.24) is 5.32 Å². The fraction of sp³-hybridized carbons (Fsp3) is 0.217. The highest BCUT2D eigenvalue weighted by Crippen LogP contribution is 2.36. The first kappa shape index (κ1) is 22.3. The number of nitrogens with one attached hydrogen (secondary N) is 1. The van der Waals surface area contributed by atoms with Crippen LogP contribution in [0.2, 0.25) is 0 Å². The Labute approximate surface area is 166 Å². The molecule has 4 heteroatoms. The molecule has 0 aliphatic heterocycles. The second-order valence-electron chi connectivity index (χ2n) is 5.35. The van der Waals surface area contributed by atoms with Crippen molar-refractivity contribution in [3.8, 4) is 11.1 Å². The average Bonchev–Trinajstić information content (AvgIpc) is 3.17. The number of hydrogen-bond acceptors (Lipinski definition) is 3. The third-order valence-corrected chi connectivity index (χ3v) is 4.84. The van der Waals surface area contributed by atoms with Crippen molar-refractivity contribution in [2.45, 2.75) is 27.7 Å². The maximum atomic E-state index is 12.7. The van der Waals surface area contributed by atoms with Crippen LogP contribution >= 0.6 is 11.3 Å². The molecule has 1 aromatic heterocycles. The number of rotatable bonds is 6. The van der Waals surface area contributed by atoms with Crippen molar-refractivity contribution in [1.29, 1.82) is 0 Å². The molecule has 0 fully saturated rings. The maximum Gasteiger partial charge on any atom is 0.253 e. The lowest BCUT2D eigenvalue weighted by Crippen LogP contribution is -2.20. The van der Waals surface area contributed by atoms with Crippen molar-refractivity contribution >= 4 is 28.6 Å². The molecule has 142 valence electrons. The van der Waals surface area contributed by atoms with Crippen LogP contribution in [0.3, 0.4) is 0 Å². The largest absolute Gasteiger partial charge is 0.355 e. The van der Waals surface area contributed by atoms with Crippen LogP contribution in [-0.4, -0.2) is 18.7 Å². The Balaban J connectivity index is 0.00000176. The monoisotopic (exact) mass is 381 g/mol. The van der Waals surface area contributed by atoms with Crippen LogP contribution in [0.15, 0.2) is 66.1 Å². The third kappa shape index (κ3) is 5.14. The number of allylic oxidation sites excluding steroid dienone is 5. The van der Waals surface area contributed by atoms with Crippen LogP contribution in [0.1, 0.15) is 42.9 Å². The summed E-state index contributed by atoms with van der Waals surface area (Å²) >= 11 is 1.36. The smallest absolute Gasteiger partial charge is 0.253 e. The molecule has 1 amide bonds. The molecule has 27 heavy (non-hydrogen) atoms. The van der Waals surface area contributed by atoms with E-state index in [0.717, 1.165) is 11.1 Å². The summed E-state index contributed by atoms with van der Waals surface area (Å²) < 4.78 is 0. The highest BCUT2D eigenvalue weighted by atomic mass is 32.1. The summed E-state index contributed by atoms with van der Waals surface area (Å²) in [6.45, 7) is 11.6. The van der Waals surface area contributed by atoms with Crippen molar-refractivity contribution in [2.24, 2.45) is 0 Å². The summed E-state index contributed by atoms with van der Waals surface area (Å²) in [4.78, 5) is 25.8. The second-order valence-corrected chi connectivity index (χ2v) is 6.23. The van der Waals surface area contributed by atoms with Gasteiger partial charge in [0.2, 0.25) is 0 Å². The van der Waals surface area contributed by atoms with Crippen molar-refractivity contribution in [3.05, 3.63) is 76.5 Å². The fourth-order valence-corrected chi connectivity index (χ4v) is 3.57. The van der Waals surface area contributed by atoms with E-state index in [9.17, 15) is 9.59 Å². The zero-order chi connectivity index (χ0) is 20.4. The number of benzene rings is 1. The van der Waals surface area contributed by atoms with Gasteiger partial charge in [-0.3, -0.25) is 9.59 Å². The van der Waals surface area contributed by atoms with E-state index in [4.69, 9.17) is 0 Å². The zero-order valence-electron chi connectivity index (χ0n) is 16.6. The van der Waals surface area contributed by atoms with Gasteiger partial charge in [0.1, 0.15) is 0 Å². The van der Waals surface area contributed by atoms with Gasteiger partial charge >= 0.3 is 0 Å². The van der Waals surface area contributed by atoms with Crippen LogP contribution < -0.4 is 5.32 Å². The Hall–Kier alpha value is -2.72. The molecule has 0 saturated heterocycles. The molecular weight excluding hydrogens is 354 g/mol. The molecule has 0 bridgehead atoms. The van der Waals surface area contributed by atoms with Gasteiger partial charge in [-0.25, -0.2) is 0 Å². The fourth-order valence-electron chi connectivity index (χ4n) is 2.52. The Morgan fingerprint density at radius 2 is 1.74 bits per heavy atom. The number of hydrogen-bond donors (Lipinski definition) is 1. The molecule has 0 atom stereocenters. The Morgan fingerprint density at radius 1 is 1.11 bits per heavy atom. The molecule has 1 N–H and O–H groups in total. The van der Waals surface area contributed by atoms with Gasteiger partial charge in [0.15, 0.2) is 5.78 Å². The summed E-state index contributed by atoms with van der Waals surface area (Å²) in [6.07, 6.45) is 5.31. The molecular formula is C23H27NO2S. The number of amides is 1. The van der Waals surface area contributed by atoms with E-state index in [2.05, 4.69) is 11.9 Å². The number of ketones is 1. The molecule has 0 saturated carbocycles. The molecule has 1 aromatic carbocycles. The topological polar surface area (TPSA) is 46.2 Å². The SMILES string of the molecule is C=C(C(=O)C(/C=C\C)=C/C)c1scc(-c2ccccc2)c1C(=O)NC.CC. The Kier molecular flexibility index (Phi) is 9.17. The highest BCUT2D eigenvalue weighted by Gasteiger charge is 2.24. The minimum atomic E-state index is -0.225. The van der Waals surface area contributed by atoms with Gasteiger partial charge in [0.25, 0.3) is 5.91 Å². The van der Waals surface area contributed by atoms with E-state index in [-0.39, 0.29) is 11.7 Å². The van der Waals surface area contributed by atoms with Crippen molar-refractivity contribution in [2.75, 3.05) is 7.05 Å². The number of carbonyl (C=O) groups is 2. The second kappa shape index (κ2) is 11.1. The first-order valence-corrected chi connectivity index (χ1v) is 9.85. The quantitative estimate of drug-likeness (QED) is 0.500.